The lowest BCUT2D eigenvalue weighted by Gasteiger charge is -2.23. The molecular formula is C14H22N2O4. The predicted octanol–water partition coefficient (Wildman–Crippen LogP) is 2.71. The molecule has 0 radical (unpaired) electrons. The summed E-state index contributed by atoms with van der Waals surface area (Å²) in [5.74, 6) is 0.865. The summed E-state index contributed by atoms with van der Waals surface area (Å²) in [5, 5.41) is 14.5. The van der Waals surface area contributed by atoms with Gasteiger partial charge in [-0.1, -0.05) is 13.8 Å². The lowest BCUT2D eigenvalue weighted by Crippen LogP contribution is -2.30. The molecule has 0 aliphatic carbocycles. The van der Waals surface area contributed by atoms with Crippen LogP contribution in [0.5, 0.6) is 11.5 Å². The quantitative estimate of drug-likeness (QED) is 0.615. The van der Waals surface area contributed by atoms with Gasteiger partial charge in [0.2, 0.25) is 0 Å². The fourth-order valence-corrected chi connectivity index (χ4v) is 2.43. The maximum Gasteiger partial charge on any atom is 0.276 e. The van der Waals surface area contributed by atoms with E-state index in [0.717, 1.165) is 6.42 Å². The average Bonchev–Trinajstić information content (AvgIpc) is 2.46. The molecule has 0 bridgehead atoms. The first-order chi connectivity index (χ1) is 9.49. The molecule has 0 heterocycles. The molecule has 0 saturated carbocycles. The third-order valence-corrected chi connectivity index (χ3v) is 3.63. The van der Waals surface area contributed by atoms with E-state index in [-0.39, 0.29) is 22.6 Å². The minimum atomic E-state index is -0.379. The Hall–Kier alpha value is -1.82. The maximum atomic E-state index is 11.3. The molecule has 6 nitrogen and oxygen atoms in total. The molecule has 0 aliphatic heterocycles. The minimum Gasteiger partial charge on any atom is -0.493 e. The number of nitro benzene ring substituents is 1. The highest BCUT2D eigenvalue weighted by atomic mass is 16.6. The first-order valence-electron chi connectivity index (χ1n) is 6.57. The van der Waals surface area contributed by atoms with Gasteiger partial charge >= 0.3 is 0 Å². The highest BCUT2D eigenvalue weighted by Crippen LogP contribution is 2.39. The van der Waals surface area contributed by atoms with Gasteiger partial charge in [-0.15, -0.1) is 0 Å². The number of benzene rings is 1. The number of nitro groups is 1. The van der Waals surface area contributed by atoms with Crippen LogP contribution in [0.15, 0.2) is 12.1 Å². The maximum absolute atomic E-state index is 11.3. The number of hydrogen-bond acceptors (Lipinski definition) is 5. The SMILES string of the molecule is CCC(NC)C(C)c1cc(OC)c(OC)cc1[N+](=O)[O-]. The van der Waals surface area contributed by atoms with Crippen molar-refractivity contribution in [3.05, 3.63) is 27.8 Å². The molecule has 0 amide bonds. The van der Waals surface area contributed by atoms with Crippen LogP contribution in [0.2, 0.25) is 0 Å². The number of methoxy groups -OCH3 is 2. The topological polar surface area (TPSA) is 73.6 Å². The Balaban J connectivity index is 3.38. The van der Waals surface area contributed by atoms with Crippen molar-refractivity contribution in [1.82, 2.24) is 5.32 Å². The summed E-state index contributed by atoms with van der Waals surface area (Å²) in [5.41, 5.74) is 0.706. The van der Waals surface area contributed by atoms with E-state index in [0.29, 0.717) is 17.1 Å². The summed E-state index contributed by atoms with van der Waals surface area (Å²) >= 11 is 0. The van der Waals surface area contributed by atoms with E-state index < -0.39 is 0 Å². The van der Waals surface area contributed by atoms with Crippen LogP contribution in [-0.2, 0) is 0 Å². The van der Waals surface area contributed by atoms with Crippen LogP contribution in [0.4, 0.5) is 5.69 Å². The van der Waals surface area contributed by atoms with E-state index in [1.165, 1.54) is 20.3 Å². The third-order valence-electron chi connectivity index (χ3n) is 3.63. The van der Waals surface area contributed by atoms with Crippen molar-refractivity contribution in [1.29, 1.82) is 0 Å². The van der Waals surface area contributed by atoms with Gasteiger partial charge in [0.05, 0.1) is 25.2 Å². The van der Waals surface area contributed by atoms with Crippen molar-refractivity contribution in [2.75, 3.05) is 21.3 Å². The van der Waals surface area contributed by atoms with Gasteiger partial charge < -0.3 is 14.8 Å². The monoisotopic (exact) mass is 282 g/mol. The number of nitrogens with one attached hydrogen (secondary N) is 1. The molecule has 2 atom stereocenters. The molecule has 0 spiro atoms. The molecule has 6 heteroatoms. The zero-order chi connectivity index (χ0) is 15.3. The Morgan fingerprint density at radius 2 is 1.85 bits per heavy atom. The highest BCUT2D eigenvalue weighted by molar-refractivity contribution is 5.55. The van der Waals surface area contributed by atoms with Gasteiger partial charge in [0.1, 0.15) is 0 Å². The van der Waals surface area contributed by atoms with Crippen molar-refractivity contribution >= 4 is 5.69 Å². The Kier molecular flexibility index (Phi) is 5.76. The van der Waals surface area contributed by atoms with Gasteiger partial charge in [-0.05, 0) is 19.5 Å². The molecule has 1 aromatic carbocycles. The van der Waals surface area contributed by atoms with Crippen molar-refractivity contribution in [3.8, 4) is 11.5 Å². The number of hydrogen-bond donors (Lipinski definition) is 1. The van der Waals surface area contributed by atoms with E-state index in [4.69, 9.17) is 9.47 Å². The second-order valence-corrected chi connectivity index (χ2v) is 4.62. The molecule has 1 N–H and O–H groups in total. The average molecular weight is 282 g/mol. The lowest BCUT2D eigenvalue weighted by molar-refractivity contribution is -0.385. The normalized spacial score (nSPS) is 13.7. The number of ether oxygens (including phenoxy) is 2. The molecule has 0 saturated heterocycles. The van der Waals surface area contributed by atoms with Crippen LogP contribution < -0.4 is 14.8 Å². The molecule has 112 valence electrons. The summed E-state index contributed by atoms with van der Waals surface area (Å²) in [4.78, 5) is 10.9. The van der Waals surface area contributed by atoms with Crippen LogP contribution in [0, 0.1) is 10.1 Å². The lowest BCUT2D eigenvalue weighted by atomic mass is 9.90. The fraction of sp³-hybridized carbons (Fsp3) is 0.571. The second kappa shape index (κ2) is 7.09. The Bertz CT molecular complexity index is 472. The Labute approximate surface area is 119 Å². The number of likely N-dealkylation sites (N-methyl/N-ethyl adjacent to an activating group) is 1. The van der Waals surface area contributed by atoms with E-state index in [9.17, 15) is 10.1 Å². The summed E-state index contributed by atoms with van der Waals surface area (Å²) in [6.07, 6.45) is 0.878. The minimum absolute atomic E-state index is 0.00907. The van der Waals surface area contributed by atoms with Gasteiger partial charge in [-0.2, -0.15) is 0 Å². The van der Waals surface area contributed by atoms with Crippen molar-refractivity contribution in [2.24, 2.45) is 0 Å². The Morgan fingerprint density at radius 3 is 2.25 bits per heavy atom. The van der Waals surface area contributed by atoms with Crippen molar-refractivity contribution < 1.29 is 14.4 Å². The van der Waals surface area contributed by atoms with Gasteiger partial charge in [-0.3, -0.25) is 10.1 Å². The molecule has 0 fully saturated rings. The van der Waals surface area contributed by atoms with E-state index in [1.54, 1.807) is 6.07 Å². The summed E-state index contributed by atoms with van der Waals surface area (Å²) < 4.78 is 10.4. The first-order valence-corrected chi connectivity index (χ1v) is 6.57. The zero-order valence-electron chi connectivity index (χ0n) is 12.6. The number of nitrogens with zero attached hydrogens (tertiary/aromatic N) is 1. The standard InChI is InChI=1S/C14H22N2O4/c1-6-11(15-3)9(2)10-7-13(19-4)14(20-5)8-12(10)16(17)18/h7-9,11,15H,6H2,1-5H3. The molecule has 20 heavy (non-hydrogen) atoms. The fourth-order valence-electron chi connectivity index (χ4n) is 2.43. The van der Waals surface area contributed by atoms with Gasteiger partial charge in [-0.25, -0.2) is 0 Å². The van der Waals surface area contributed by atoms with Crippen LogP contribution in [0.25, 0.3) is 0 Å². The number of rotatable bonds is 7. The van der Waals surface area contributed by atoms with E-state index in [2.05, 4.69) is 5.32 Å². The van der Waals surface area contributed by atoms with E-state index >= 15 is 0 Å². The summed E-state index contributed by atoms with van der Waals surface area (Å²) in [6.45, 7) is 4.02. The predicted molar refractivity (Wildman–Crippen MR) is 77.8 cm³/mol. The van der Waals surface area contributed by atoms with Crippen molar-refractivity contribution in [2.45, 2.75) is 32.2 Å². The first kappa shape index (κ1) is 16.2. The van der Waals surface area contributed by atoms with Gasteiger partial charge in [0.25, 0.3) is 5.69 Å². The van der Waals surface area contributed by atoms with Gasteiger partial charge in [0.15, 0.2) is 11.5 Å². The van der Waals surface area contributed by atoms with Crippen LogP contribution in [-0.4, -0.2) is 32.2 Å². The third kappa shape index (κ3) is 3.19. The molecule has 0 aliphatic rings. The molecule has 1 rings (SSSR count). The van der Waals surface area contributed by atoms with Crippen LogP contribution >= 0.6 is 0 Å². The largest absolute Gasteiger partial charge is 0.493 e. The highest BCUT2D eigenvalue weighted by Gasteiger charge is 2.26. The zero-order valence-corrected chi connectivity index (χ0v) is 12.6. The molecule has 2 unspecified atom stereocenters. The second-order valence-electron chi connectivity index (χ2n) is 4.62. The Morgan fingerprint density at radius 1 is 1.30 bits per heavy atom. The van der Waals surface area contributed by atoms with Crippen molar-refractivity contribution in [3.63, 3.8) is 0 Å². The van der Waals surface area contributed by atoms with Crippen LogP contribution in [0.3, 0.4) is 0 Å². The summed E-state index contributed by atoms with van der Waals surface area (Å²) in [6, 6.07) is 3.28. The summed E-state index contributed by atoms with van der Waals surface area (Å²) in [7, 11) is 4.85. The van der Waals surface area contributed by atoms with Gasteiger partial charge in [0, 0.05) is 17.5 Å². The van der Waals surface area contributed by atoms with Crippen LogP contribution in [0.1, 0.15) is 31.7 Å². The molecule has 1 aromatic rings. The smallest absolute Gasteiger partial charge is 0.276 e. The molecular weight excluding hydrogens is 260 g/mol. The molecule has 0 aromatic heterocycles. The van der Waals surface area contributed by atoms with E-state index in [1.807, 2.05) is 20.9 Å².